The normalized spacial score (nSPS) is 24.9. The van der Waals surface area contributed by atoms with E-state index in [0.717, 1.165) is 12.2 Å². The van der Waals surface area contributed by atoms with Crippen LogP contribution in [0.3, 0.4) is 0 Å². The first-order chi connectivity index (χ1) is 8.06. The second-order valence-corrected chi connectivity index (χ2v) is 5.42. The maximum Gasteiger partial charge on any atom is 0.119 e. The van der Waals surface area contributed by atoms with Crippen LogP contribution in [0.15, 0.2) is 35.4 Å². The smallest absolute Gasteiger partial charge is 0.119 e. The number of hydrogen-bond donors (Lipinski definition) is 0. The minimum Gasteiger partial charge on any atom is -0.490 e. The third kappa shape index (κ3) is 2.91. The Morgan fingerprint density at radius 1 is 0.941 bits per heavy atom. The van der Waals surface area contributed by atoms with Crippen LogP contribution in [0.1, 0.15) is 39.2 Å². The molecule has 0 saturated carbocycles. The molecule has 17 heavy (non-hydrogen) atoms. The summed E-state index contributed by atoms with van der Waals surface area (Å²) in [5.41, 5.74) is 4.32. The summed E-state index contributed by atoms with van der Waals surface area (Å²) < 4.78 is 6.11. The lowest BCUT2D eigenvalue weighted by atomic mass is 9.84. The second-order valence-electron chi connectivity index (χ2n) is 5.42. The lowest BCUT2D eigenvalue weighted by Gasteiger charge is -2.31. The lowest BCUT2D eigenvalue weighted by Crippen LogP contribution is -2.29. The van der Waals surface area contributed by atoms with Crippen molar-refractivity contribution in [3.63, 3.8) is 0 Å². The molecule has 2 atom stereocenters. The molecule has 0 amide bonds. The van der Waals surface area contributed by atoms with Crippen LogP contribution in [0.25, 0.3) is 0 Å². The minimum absolute atomic E-state index is 0.335. The van der Waals surface area contributed by atoms with E-state index < -0.39 is 0 Å². The monoisotopic (exact) mass is 230 g/mol. The predicted molar refractivity (Wildman–Crippen MR) is 72.4 cm³/mol. The molecule has 92 valence electrons. The Kier molecular flexibility index (Phi) is 3.56. The van der Waals surface area contributed by atoms with Gasteiger partial charge in [0.25, 0.3) is 0 Å². The maximum absolute atomic E-state index is 6.11. The molecule has 0 N–H and O–H groups in total. The van der Waals surface area contributed by atoms with Crippen LogP contribution in [-0.4, -0.2) is 6.10 Å². The van der Waals surface area contributed by atoms with Crippen molar-refractivity contribution in [2.45, 2.75) is 46.6 Å². The van der Waals surface area contributed by atoms with E-state index in [2.05, 4.69) is 52.0 Å². The van der Waals surface area contributed by atoms with Crippen molar-refractivity contribution in [2.24, 2.45) is 5.92 Å². The van der Waals surface area contributed by atoms with Crippen molar-refractivity contribution >= 4 is 0 Å². The van der Waals surface area contributed by atoms with E-state index in [-0.39, 0.29) is 0 Å². The molecular formula is C16H22O. The summed E-state index contributed by atoms with van der Waals surface area (Å²) in [6.45, 7) is 8.86. The van der Waals surface area contributed by atoms with E-state index in [1.54, 1.807) is 5.57 Å². The van der Waals surface area contributed by atoms with Crippen molar-refractivity contribution in [2.75, 3.05) is 0 Å². The molecule has 1 aromatic carbocycles. The predicted octanol–water partition coefficient (Wildman–Crippen LogP) is 4.51. The van der Waals surface area contributed by atoms with Gasteiger partial charge in [0.2, 0.25) is 0 Å². The Bertz CT molecular complexity index is 414. The SMILES string of the molecule is CC1=C(C)C[C@H](C)[C@@H](Oc2ccc(C)cc2)C1. The fourth-order valence-electron chi connectivity index (χ4n) is 2.42. The molecular weight excluding hydrogens is 208 g/mol. The zero-order valence-electron chi connectivity index (χ0n) is 11.3. The first-order valence-corrected chi connectivity index (χ1v) is 6.45. The van der Waals surface area contributed by atoms with Crippen LogP contribution < -0.4 is 4.74 Å². The number of rotatable bonds is 2. The van der Waals surface area contributed by atoms with E-state index in [1.165, 1.54) is 17.6 Å². The second kappa shape index (κ2) is 4.95. The molecule has 0 aromatic heterocycles. The molecule has 1 aromatic rings. The molecule has 1 heteroatoms. The fourth-order valence-corrected chi connectivity index (χ4v) is 2.42. The van der Waals surface area contributed by atoms with Gasteiger partial charge in [-0.2, -0.15) is 0 Å². The summed E-state index contributed by atoms with van der Waals surface area (Å²) >= 11 is 0. The first kappa shape index (κ1) is 12.2. The maximum atomic E-state index is 6.11. The molecule has 0 aliphatic heterocycles. The molecule has 0 bridgehead atoms. The van der Waals surface area contributed by atoms with E-state index in [9.17, 15) is 0 Å². The summed E-state index contributed by atoms with van der Waals surface area (Å²) in [5, 5.41) is 0. The Morgan fingerprint density at radius 3 is 2.18 bits per heavy atom. The van der Waals surface area contributed by atoms with E-state index in [4.69, 9.17) is 4.74 Å². The highest BCUT2D eigenvalue weighted by Gasteiger charge is 2.25. The highest BCUT2D eigenvalue weighted by Crippen LogP contribution is 2.31. The number of aryl methyl sites for hydroxylation is 1. The Hall–Kier alpha value is -1.24. The molecule has 0 unspecified atom stereocenters. The molecule has 1 nitrogen and oxygen atoms in total. The van der Waals surface area contributed by atoms with Crippen LogP contribution >= 0.6 is 0 Å². The van der Waals surface area contributed by atoms with Gasteiger partial charge < -0.3 is 4.74 Å². The van der Waals surface area contributed by atoms with Crippen molar-refractivity contribution in [1.82, 2.24) is 0 Å². The highest BCUT2D eigenvalue weighted by atomic mass is 16.5. The summed E-state index contributed by atoms with van der Waals surface area (Å²) in [7, 11) is 0. The van der Waals surface area contributed by atoms with Gasteiger partial charge in [-0.25, -0.2) is 0 Å². The average molecular weight is 230 g/mol. The van der Waals surface area contributed by atoms with Gasteiger partial charge in [-0.3, -0.25) is 0 Å². The van der Waals surface area contributed by atoms with Gasteiger partial charge in [-0.05, 0) is 45.2 Å². The van der Waals surface area contributed by atoms with E-state index in [1.807, 2.05) is 0 Å². The van der Waals surface area contributed by atoms with Crippen LogP contribution in [0, 0.1) is 12.8 Å². The van der Waals surface area contributed by atoms with E-state index in [0.29, 0.717) is 12.0 Å². The van der Waals surface area contributed by atoms with Crippen LogP contribution in [0.4, 0.5) is 0 Å². The van der Waals surface area contributed by atoms with Crippen LogP contribution in [0.2, 0.25) is 0 Å². The third-order valence-corrected chi connectivity index (χ3v) is 3.81. The topological polar surface area (TPSA) is 9.23 Å². The van der Waals surface area contributed by atoms with Gasteiger partial charge in [0.15, 0.2) is 0 Å². The largest absolute Gasteiger partial charge is 0.490 e. The molecule has 1 aliphatic rings. The van der Waals surface area contributed by atoms with Crippen LogP contribution in [-0.2, 0) is 0 Å². The van der Waals surface area contributed by atoms with Crippen molar-refractivity contribution in [3.8, 4) is 5.75 Å². The van der Waals surface area contributed by atoms with Gasteiger partial charge in [-0.1, -0.05) is 35.8 Å². The lowest BCUT2D eigenvalue weighted by molar-refractivity contribution is 0.134. The highest BCUT2D eigenvalue weighted by molar-refractivity contribution is 5.27. The molecule has 0 radical (unpaired) electrons. The molecule has 0 heterocycles. The van der Waals surface area contributed by atoms with Crippen molar-refractivity contribution in [1.29, 1.82) is 0 Å². The first-order valence-electron chi connectivity index (χ1n) is 6.45. The fraction of sp³-hybridized carbons (Fsp3) is 0.500. The zero-order chi connectivity index (χ0) is 12.4. The Labute approximate surface area is 104 Å². The number of hydrogen-bond acceptors (Lipinski definition) is 1. The molecule has 2 rings (SSSR count). The Morgan fingerprint density at radius 2 is 1.53 bits per heavy atom. The van der Waals surface area contributed by atoms with E-state index >= 15 is 0 Å². The molecule has 0 spiro atoms. The molecule has 0 fully saturated rings. The average Bonchev–Trinajstić information content (AvgIpc) is 2.29. The van der Waals surface area contributed by atoms with Crippen molar-refractivity contribution in [3.05, 3.63) is 41.0 Å². The number of benzene rings is 1. The zero-order valence-corrected chi connectivity index (χ0v) is 11.3. The summed E-state index contributed by atoms with van der Waals surface area (Å²) in [5.74, 6) is 1.61. The van der Waals surface area contributed by atoms with Gasteiger partial charge >= 0.3 is 0 Å². The Balaban J connectivity index is 2.07. The minimum atomic E-state index is 0.335. The summed E-state index contributed by atoms with van der Waals surface area (Å²) in [6.07, 6.45) is 2.57. The quantitative estimate of drug-likeness (QED) is 0.679. The number of ether oxygens (including phenoxy) is 1. The third-order valence-electron chi connectivity index (χ3n) is 3.81. The van der Waals surface area contributed by atoms with Gasteiger partial charge in [0.05, 0.1) is 0 Å². The van der Waals surface area contributed by atoms with Gasteiger partial charge in [-0.15, -0.1) is 0 Å². The van der Waals surface area contributed by atoms with Gasteiger partial charge in [0.1, 0.15) is 11.9 Å². The molecule has 1 aliphatic carbocycles. The molecule has 0 saturated heterocycles. The van der Waals surface area contributed by atoms with Crippen LogP contribution in [0.5, 0.6) is 5.75 Å². The number of allylic oxidation sites excluding steroid dienone is 1. The standard InChI is InChI=1S/C16H22O/c1-11-5-7-15(8-6-11)17-16-10-13(3)12(2)9-14(16)4/h5-8,14,16H,9-10H2,1-4H3/t14-,16-/m0/s1. The summed E-state index contributed by atoms with van der Waals surface area (Å²) in [4.78, 5) is 0. The van der Waals surface area contributed by atoms with Crippen molar-refractivity contribution < 1.29 is 4.74 Å². The summed E-state index contributed by atoms with van der Waals surface area (Å²) in [6, 6.07) is 8.36. The van der Waals surface area contributed by atoms with Gasteiger partial charge in [0, 0.05) is 6.42 Å².